The Hall–Kier alpha value is -2.63. The van der Waals surface area contributed by atoms with Crippen LogP contribution in [-0.4, -0.2) is 33.8 Å². The molecule has 1 N–H and O–H groups in total. The Balaban J connectivity index is 1.41. The van der Waals surface area contributed by atoms with E-state index < -0.39 is 0 Å². The highest BCUT2D eigenvalue weighted by atomic mass is 16.3. The van der Waals surface area contributed by atoms with Crippen LogP contribution in [0.4, 0.5) is 0 Å². The number of aryl methyl sites for hydroxylation is 1. The predicted molar refractivity (Wildman–Crippen MR) is 105 cm³/mol. The molecule has 1 heterocycles. The molecule has 0 unspecified atom stereocenters. The minimum absolute atomic E-state index is 0.00766. The number of benzene rings is 1. The average Bonchev–Trinajstić information content (AvgIpc) is 3.64. The number of oxazole rings is 1. The van der Waals surface area contributed by atoms with Crippen molar-refractivity contribution < 1.29 is 14.0 Å². The van der Waals surface area contributed by atoms with Crippen molar-refractivity contribution in [3.05, 3.63) is 53.2 Å². The van der Waals surface area contributed by atoms with Gasteiger partial charge in [0.15, 0.2) is 5.69 Å². The van der Waals surface area contributed by atoms with Crippen LogP contribution < -0.4 is 5.32 Å². The number of amides is 2. The summed E-state index contributed by atoms with van der Waals surface area (Å²) in [5, 5.41) is 2.90. The molecule has 28 heavy (non-hydrogen) atoms. The molecule has 2 aliphatic carbocycles. The van der Waals surface area contributed by atoms with Crippen LogP contribution in [-0.2, 0) is 13.0 Å². The predicted octanol–water partition coefficient (Wildman–Crippen LogP) is 3.71. The first-order valence-corrected chi connectivity index (χ1v) is 10.3. The first kappa shape index (κ1) is 18.7. The molecule has 148 valence electrons. The first-order chi connectivity index (χ1) is 13.6. The van der Waals surface area contributed by atoms with Gasteiger partial charge in [0.1, 0.15) is 6.26 Å². The van der Waals surface area contributed by atoms with E-state index in [9.17, 15) is 9.59 Å². The minimum Gasteiger partial charge on any atom is -0.446 e. The van der Waals surface area contributed by atoms with Gasteiger partial charge in [-0.2, -0.15) is 0 Å². The molecule has 0 aliphatic heterocycles. The molecule has 2 saturated carbocycles. The number of hydrogen-bond acceptors (Lipinski definition) is 4. The van der Waals surface area contributed by atoms with Gasteiger partial charge in [0.25, 0.3) is 11.8 Å². The lowest BCUT2D eigenvalue weighted by molar-refractivity contribution is 0.0714. The Kier molecular flexibility index (Phi) is 5.46. The minimum atomic E-state index is -0.204. The standard InChI is InChI=1S/C22H27N3O3/c1-2-3-4-15-5-7-16(8-6-15)22(27)25(18-11-12-18)13-20-24-19(14-28-20)21(26)23-17-9-10-17/h5-8,14,17-18H,2-4,9-13H2,1H3,(H,23,26). The Morgan fingerprint density at radius 1 is 1.18 bits per heavy atom. The Bertz CT molecular complexity index is 835. The maximum absolute atomic E-state index is 13.0. The fraction of sp³-hybridized carbons (Fsp3) is 0.500. The van der Waals surface area contributed by atoms with Crippen LogP contribution in [0.1, 0.15) is 77.7 Å². The molecule has 6 heteroatoms. The van der Waals surface area contributed by atoms with Crippen molar-refractivity contribution in [3.8, 4) is 0 Å². The normalized spacial score (nSPS) is 16.0. The summed E-state index contributed by atoms with van der Waals surface area (Å²) in [5.41, 5.74) is 2.23. The molecule has 1 aromatic heterocycles. The van der Waals surface area contributed by atoms with Crippen molar-refractivity contribution in [1.29, 1.82) is 0 Å². The highest BCUT2D eigenvalue weighted by Gasteiger charge is 2.34. The van der Waals surface area contributed by atoms with E-state index in [0.29, 0.717) is 11.5 Å². The van der Waals surface area contributed by atoms with Crippen LogP contribution in [0.5, 0.6) is 0 Å². The number of unbranched alkanes of at least 4 members (excludes halogenated alkanes) is 1. The van der Waals surface area contributed by atoms with Crippen LogP contribution in [0.3, 0.4) is 0 Å². The van der Waals surface area contributed by atoms with Crippen molar-refractivity contribution in [2.24, 2.45) is 0 Å². The summed E-state index contributed by atoms with van der Waals surface area (Å²) in [6.07, 6.45) is 8.78. The van der Waals surface area contributed by atoms with Crippen molar-refractivity contribution in [2.75, 3.05) is 0 Å². The quantitative estimate of drug-likeness (QED) is 0.718. The average molecular weight is 381 g/mol. The summed E-state index contributed by atoms with van der Waals surface area (Å²) >= 11 is 0. The van der Waals surface area contributed by atoms with Crippen molar-refractivity contribution in [1.82, 2.24) is 15.2 Å². The third-order valence-electron chi connectivity index (χ3n) is 5.27. The SMILES string of the molecule is CCCCc1ccc(C(=O)N(Cc2nc(C(=O)NC3CC3)co2)C2CC2)cc1. The number of hydrogen-bond donors (Lipinski definition) is 1. The molecule has 2 aromatic rings. The summed E-state index contributed by atoms with van der Waals surface area (Å²) in [6.45, 7) is 2.47. The maximum atomic E-state index is 13.0. The smallest absolute Gasteiger partial charge is 0.273 e. The van der Waals surface area contributed by atoms with Gasteiger partial charge in [0.05, 0.1) is 6.54 Å². The zero-order valence-corrected chi connectivity index (χ0v) is 16.3. The summed E-state index contributed by atoms with van der Waals surface area (Å²) in [5.74, 6) is 0.192. The van der Waals surface area contributed by atoms with Crippen LogP contribution in [0.15, 0.2) is 34.9 Å². The first-order valence-electron chi connectivity index (χ1n) is 10.3. The van der Waals surface area contributed by atoms with E-state index in [1.54, 1.807) is 0 Å². The van der Waals surface area contributed by atoms with E-state index in [0.717, 1.165) is 44.9 Å². The molecule has 1 aromatic carbocycles. The van der Waals surface area contributed by atoms with Gasteiger partial charge in [0.2, 0.25) is 5.89 Å². The number of rotatable bonds is 9. The number of carbonyl (C=O) groups excluding carboxylic acids is 2. The molecule has 0 saturated heterocycles. The molecule has 2 aliphatic rings. The largest absolute Gasteiger partial charge is 0.446 e. The fourth-order valence-corrected chi connectivity index (χ4v) is 3.23. The molecular weight excluding hydrogens is 354 g/mol. The van der Waals surface area contributed by atoms with Crippen molar-refractivity contribution >= 4 is 11.8 Å². The molecule has 2 amide bonds. The maximum Gasteiger partial charge on any atom is 0.273 e. The summed E-state index contributed by atoms with van der Waals surface area (Å²) < 4.78 is 5.48. The monoisotopic (exact) mass is 381 g/mol. The lowest BCUT2D eigenvalue weighted by atomic mass is 10.1. The van der Waals surface area contributed by atoms with E-state index in [1.165, 1.54) is 11.8 Å². The zero-order chi connectivity index (χ0) is 19.5. The van der Waals surface area contributed by atoms with Gasteiger partial charge in [-0.3, -0.25) is 9.59 Å². The molecule has 0 atom stereocenters. The second-order valence-electron chi connectivity index (χ2n) is 7.84. The van der Waals surface area contributed by atoms with Gasteiger partial charge in [0, 0.05) is 17.6 Å². The Morgan fingerprint density at radius 3 is 2.57 bits per heavy atom. The molecule has 2 fully saturated rings. The van der Waals surface area contributed by atoms with Gasteiger partial charge in [-0.1, -0.05) is 25.5 Å². The summed E-state index contributed by atoms with van der Waals surface area (Å²) in [7, 11) is 0. The Labute approximate surface area is 165 Å². The topological polar surface area (TPSA) is 75.4 Å². The third kappa shape index (κ3) is 4.61. The van der Waals surface area contributed by atoms with E-state index in [2.05, 4.69) is 17.2 Å². The number of aromatic nitrogens is 1. The molecular formula is C22H27N3O3. The summed E-state index contributed by atoms with van der Waals surface area (Å²) in [4.78, 5) is 31.2. The molecule has 0 spiro atoms. The van der Waals surface area contributed by atoms with Gasteiger partial charge < -0.3 is 14.6 Å². The van der Waals surface area contributed by atoms with E-state index >= 15 is 0 Å². The van der Waals surface area contributed by atoms with E-state index in [4.69, 9.17) is 4.42 Å². The second-order valence-corrected chi connectivity index (χ2v) is 7.84. The lowest BCUT2D eigenvalue weighted by Gasteiger charge is -2.21. The summed E-state index contributed by atoms with van der Waals surface area (Å²) in [6, 6.07) is 8.40. The lowest BCUT2D eigenvalue weighted by Crippen LogP contribution is -2.32. The van der Waals surface area contributed by atoms with Gasteiger partial charge in [-0.15, -0.1) is 0 Å². The number of carbonyl (C=O) groups is 2. The highest BCUT2D eigenvalue weighted by molar-refractivity contribution is 5.94. The van der Waals surface area contributed by atoms with E-state index in [-0.39, 0.29) is 36.1 Å². The molecule has 6 nitrogen and oxygen atoms in total. The van der Waals surface area contributed by atoms with Crippen LogP contribution in [0.2, 0.25) is 0 Å². The highest BCUT2D eigenvalue weighted by Crippen LogP contribution is 2.30. The van der Waals surface area contributed by atoms with E-state index in [1.807, 2.05) is 29.2 Å². The molecule has 0 radical (unpaired) electrons. The zero-order valence-electron chi connectivity index (χ0n) is 16.3. The van der Waals surface area contributed by atoms with Crippen LogP contribution in [0.25, 0.3) is 0 Å². The van der Waals surface area contributed by atoms with Gasteiger partial charge in [-0.25, -0.2) is 4.98 Å². The third-order valence-corrected chi connectivity index (χ3v) is 5.27. The number of nitrogens with zero attached hydrogens (tertiary/aromatic N) is 2. The van der Waals surface area contributed by atoms with Crippen LogP contribution in [0, 0.1) is 0 Å². The molecule has 0 bridgehead atoms. The second kappa shape index (κ2) is 8.17. The fourth-order valence-electron chi connectivity index (χ4n) is 3.23. The van der Waals surface area contributed by atoms with Gasteiger partial charge >= 0.3 is 0 Å². The molecule has 4 rings (SSSR count). The number of nitrogens with one attached hydrogen (secondary N) is 1. The Morgan fingerprint density at radius 2 is 1.93 bits per heavy atom. The van der Waals surface area contributed by atoms with Crippen molar-refractivity contribution in [2.45, 2.75) is 70.5 Å². The van der Waals surface area contributed by atoms with Crippen molar-refractivity contribution in [3.63, 3.8) is 0 Å². The van der Waals surface area contributed by atoms with Crippen LogP contribution >= 0.6 is 0 Å². The van der Waals surface area contributed by atoms with Gasteiger partial charge in [-0.05, 0) is 56.2 Å².